The van der Waals surface area contributed by atoms with E-state index in [0.29, 0.717) is 24.1 Å². The van der Waals surface area contributed by atoms with Crippen LogP contribution in [-0.2, 0) is 9.84 Å². The summed E-state index contributed by atoms with van der Waals surface area (Å²) < 4.78 is 22.6. The Hall–Kier alpha value is -1.56. The van der Waals surface area contributed by atoms with Gasteiger partial charge in [0, 0.05) is 17.3 Å². The van der Waals surface area contributed by atoms with E-state index in [1.165, 1.54) is 0 Å². The van der Waals surface area contributed by atoms with E-state index in [-0.39, 0.29) is 23.5 Å². The van der Waals surface area contributed by atoms with Crippen LogP contribution < -0.4 is 11.1 Å². The second-order valence-corrected chi connectivity index (χ2v) is 7.34. The van der Waals surface area contributed by atoms with E-state index < -0.39 is 9.84 Å². The summed E-state index contributed by atoms with van der Waals surface area (Å²) in [6.45, 7) is 1.88. The average Bonchev–Trinajstić information content (AvgIpc) is 2.30. The maximum absolute atomic E-state index is 12.1. The molecule has 5 nitrogen and oxygen atoms in total. The first-order valence-electron chi connectivity index (χ1n) is 6.24. The van der Waals surface area contributed by atoms with Crippen LogP contribution in [0, 0.1) is 6.92 Å². The summed E-state index contributed by atoms with van der Waals surface area (Å²) in [6, 6.07) is 5.12. The van der Waals surface area contributed by atoms with Gasteiger partial charge in [-0.05, 0) is 43.5 Å². The average molecular weight is 282 g/mol. The fraction of sp³-hybridized carbons (Fsp3) is 0.462. The number of sulfone groups is 1. The van der Waals surface area contributed by atoms with Crippen molar-refractivity contribution in [3.05, 3.63) is 29.3 Å². The highest BCUT2D eigenvalue weighted by Crippen LogP contribution is 2.15. The Morgan fingerprint density at radius 2 is 1.89 bits per heavy atom. The lowest BCUT2D eigenvalue weighted by Gasteiger charge is -2.23. The number of nitrogens with one attached hydrogen (secondary N) is 1. The third-order valence-electron chi connectivity index (χ3n) is 3.25. The lowest BCUT2D eigenvalue weighted by molar-refractivity contribution is 0.0934. The molecule has 1 aromatic carbocycles. The molecule has 0 spiro atoms. The van der Waals surface area contributed by atoms with Gasteiger partial charge < -0.3 is 11.1 Å². The number of anilines is 1. The van der Waals surface area contributed by atoms with Gasteiger partial charge in [0.05, 0.1) is 11.5 Å². The van der Waals surface area contributed by atoms with Crippen LogP contribution in [0.1, 0.15) is 28.8 Å². The smallest absolute Gasteiger partial charge is 0.251 e. The van der Waals surface area contributed by atoms with Crippen molar-refractivity contribution in [1.82, 2.24) is 5.32 Å². The second kappa shape index (κ2) is 5.21. The second-order valence-electron chi connectivity index (χ2n) is 5.03. The molecular formula is C13H18N2O3S. The topological polar surface area (TPSA) is 89.3 Å². The van der Waals surface area contributed by atoms with Crippen LogP contribution in [0.25, 0.3) is 0 Å². The van der Waals surface area contributed by atoms with Gasteiger partial charge in [0.2, 0.25) is 0 Å². The molecule has 1 aliphatic heterocycles. The van der Waals surface area contributed by atoms with Crippen molar-refractivity contribution in [3.63, 3.8) is 0 Å². The molecule has 0 radical (unpaired) electrons. The van der Waals surface area contributed by atoms with Crippen molar-refractivity contribution in [2.45, 2.75) is 25.8 Å². The maximum Gasteiger partial charge on any atom is 0.251 e. The molecule has 0 saturated carbocycles. The van der Waals surface area contributed by atoms with Gasteiger partial charge in [0.15, 0.2) is 0 Å². The highest BCUT2D eigenvalue weighted by Gasteiger charge is 2.24. The van der Waals surface area contributed by atoms with Gasteiger partial charge in [0.1, 0.15) is 9.84 Å². The Kier molecular flexibility index (Phi) is 3.80. The molecule has 1 heterocycles. The monoisotopic (exact) mass is 282 g/mol. The molecule has 1 saturated heterocycles. The number of benzene rings is 1. The SMILES string of the molecule is Cc1cc(N)cc(C(=O)NC2CCS(=O)(=O)CC2)c1. The first kappa shape index (κ1) is 13.9. The molecule has 0 atom stereocenters. The zero-order valence-electron chi connectivity index (χ0n) is 10.8. The number of carbonyl (C=O) groups excluding carboxylic acids is 1. The molecule has 0 aromatic heterocycles. The number of nitrogen functional groups attached to an aromatic ring is 1. The molecule has 0 unspecified atom stereocenters. The van der Waals surface area contributed by atoms with Crippen LogP contribution >= 0.6 is 0 Å². The summed E-state index contributed by atoms with van der Waals surface area (Å²) in [4.78, 5) is 12.1. The molecule has 1 aromatic rings. The molecule has 0 bridgehead atoms. The minimum Gasteiger partial charge on any atom is -0.399 e. The van der Waals surface area contributed by atoms with Gasteiger partial charge in [-0.1, -0.05) is 0 Å². The van der Waals surface area contributed by atoms with Crippen molar-refractivity contribution in [1.29, 1.82) is 0 Å². The highest BCUT2D eigenvalue weighted by atomic mass is 32.2. The fourth-order valence-corrected chi connectivity index (χ4v) is 3.74. The fourth-order valence-electron chi connectivity index (χ4n) is 2.25. The molecule has 1 fully saturated rings. The predicted octanol–water partition coefficient (Wildman–Crippen LogP) is 0.884. The summed E-state index contributed by atoms with van der Waals surface area (Å²) in [7, 11) is -2.90. The number of hydrogen-bond donors (Lipinski definition) is 2. The third-order valence-corrected chi connectivity index (χ3v) is 4.97. The third kappa shape index (κ3) is 3.70. The molecule has 104 valence electrons. The zero-order chi connectivity index (χ0) is 14.0. The molecule has 3 N–H and O–H groups in total. The number of amides is 1. The first-order valence-corrected chi connectivity index (χ1v) is 8.06. The van der Waals surface area contributed by atoms with Crippen molar-refractivity contribution in [2.75, 3.05) is 17.2 Å². The summed E-state index contributed by atoms with van der Waals surface area (Å²) in [6.07, 6.45) is 0.963. The minimum atomic E-state index is -2.90. The summed E-state index contributed by atoms with van der Waals surface area (Å²) in [5, 5.41) is 2.87. The van der Waals surface area contributed by atoms with Crippen LogP contribution in [0.2, 0.25) is 0 Å². The number of carbonyl (C=O) groups is 1. The Morgan fingerprint density at radius 1 is 1.26 bits per heavy atom. The number of rotatable bonds is 2. The van der Waals surface area contributed by atoms with Gasteiger partial charge >= 0.3 is 0 Å². The summed E-state index contributed by atoms with van der Waals surface area (Å²) in [5.74, 6) is 0.0987. The predicted molar refractivity (Wildman–Crippen MR) is 74.7 cm³/mol. The number of nitrogens with two attached hydrogens (primary N) is 1. The molecule has 2 rings (SSSR count). The quantitative estimate of drug-likeness (QED) is 0.788. The molecule has 1 aliphatic rings. The summed E-state index contributed by atoms with van der Waals surface area (Å²) in [5.41, 5.74) is 7.71. The van der Waals surface area contributed by atoms with Gasteiger partial charge in [0.25, 0.3) is 5.91 Å². The number of aryl methyl sites for hydroxylation is 1. The Bertz CT molecular complexity index is 562. The lowest BCUT2D eigenvalue weighted by Crippen LogP contribution is -2.40. The standard InChI is InChI=1S/C13H18N2O3S/c1-9-6-10(8-11(14)7-9)13(16)15-12-2-4-19(17,18)5-3-12/h6-8,12H,2-5,14H2,1H3,(H,15,16). The van der Waals surface area contributed by atoms with Gasteiger partial charge in [-0.15, -0.1) is 0 Å². The number of hydrogen-bond acceptors (Lipinski definition) is 4. The largest absolute Gasteiger partial charge is 0.399 e. The Labute approximate surface area is 113 Å². The molecule has 19 heavy (non-hydrogen) atoms. The van der Waals surface area contributed by atoms with Crippen LogP contribution in [0.4, 0.5) is 5.69 Å². The Balaban J connectivity index is 2.02. The van der Waals surface area contributed by atoms with Crippen molar-refractivity contribution < 1.29 is 13.2 Å². The molecule has 0 aliphatic carbocycles. The van der Waals surface area contributed by atoms with Crippen molar-refractivity contribution in [2.24, 2.45) is 0 Å². The normalized spacial score (nSPS) is 19.0. The summed E-state index contributed by atoms with van der Waals surface area (Å²) >= 11 is 0. The highest BCUT2D eigenvalue weighted by molar-refractivity contribution is 7.91. The van der Waals surface area contributed by atoms with Gasteiger partial charge in [-0.25, -0.2) is 8.42 Å². The zero-order valence-corrected chi connectivity index (χ0v) is 11.7. The van der Waals surface area contributed by atoms with Crippen molar-refractivity contribution in [3.8, 4) is 0 Å². The van der Waals surface area contributed by atoms with E-state index in [1.807, 2.05) is 6.92 Å². The van der Waals surface area contributed by atoms with Gasteiger partial charge in [-0.3, -0.25) is 4.79 Å². The Morgan fingerprint density at radius 3 is 2.47 bits per heavy atom. The van der Waals surface area contributed by atoms with Crippen LogP contribution in [0.3, 0.4) is 0 Å². The van der Waals surface area contributed by atoms with Gasteiger partial charge in [-0.2, -0.15) is 0 Å². The van der Waals surface area contributed by atoms with E-state index in [4.69, 9.17) is 5.73 Å². The van der Waals surface area contributed by atoms with E-state index in [1.54, 1.807) is 18.2 Å². The van der Waals surface area contributed by atoms with E-state index in [2.05, 4.69) is 5.32 Å². The van der Waals surface area contributed by atoms with Crippen molar-refractivity contribution >= 4 is 21.4 Å². The lowest BCUT2D eigenvalue weighted by atomic mass is 10.1. The molecular weight excluding hydrogens is 264 g/mol. The first-order chi connectivity index (χ1) is 8.85. The van der Waals surface area contributed by atoms with Crippen LogP contribution in [0.5, 0.6) is 0 Å². The van der Waals surface area contributed by atoms with Crippen LogP contribution in [0.15, 0.2) is 18.2 Å². The molecule has 1 amide bonds. The van der Waals surface area contributed by atoms with E-state index in [9.17, 15) is 13.2 Å². The van der Waals surface area contributed by atoms with E-state index in [0.717, 1.165) is 5.56 Å². The van der Waals surface area contributed by atoms with Crippen LogP contribution in [-0.4, -0.2) is 31.9 Å². The molecule has 6 heteroatoms. The maximum atomic E-state index is 12.1. The van der Waals surface area contributed by atoms with E-state index >= 15 is 0 Å². The minimum absolute atomic E-state index is 0.0715.